The van der Waals surface area contributed by atoms with Crippen LogP contribution < -0.4 is 5.32 Å². The summed E-state index contributed by atoms with van der Waals surface area (Å²) in [5.41, 5.74) is 0.750. The Balaban J connectivity index is 2.02. The highest BCUT2D eigenvalue weighted by Crippen LogP contribution is 2.28. The lowest BCUT2D eigenvalue weighted by molar-refractivity contribution is 0.0748. The molecule has 0 radical (unpaired) electrons. The van der Waals surface area contributed by atoms with E-state index in [0.29, 0.717) is 35.7 Å². The van der Waals surface area contributed by atoms with E-state index >= 15 is 0 Å². The van der Waals surface area contributed by atoms with E-state index < -0.39 is 26.1 Å². The van der Waals surface area contributed by atoms with Crippen molar-refractivity contribution in [3.63, 3.8) is 0 Å². The van der Waals surface area contributed by atoms with Gasteiger partial charge in [0.1, 0.15) is 11.5 Å². The van der Waals surface area contributed by atoms with Crippen molar-refractivity contribution in [1.82, 2.24) is 14.4 Å². The Morgan fingerprint density at radius 1 is 1.17 bits per heavy atom. The second kappa shape index (κ2) is 7.63. The highest BCUT2D eigenvalue weighted by molar-refractivity contribution is 7.92. The smallest absolute Gasteiger partial charge is 0.215 e. The monoisotopic (exact) mass is 434 g/mol. The molecule has 2 N–H and O–H groups in total. The van der Waals surface area contributed by atoms with Gasteiger partial charge in [0.25, 0.3) is 0 Å². The lowest BCUT2D eigenvalue weighted by Crippen LogP contribution is -2.28. The van der Waals surface area contributed by atoms with Crippen molar-refractivity contribution in [2.24, 2.45) is 0 Å². The zero-order chi connectivity index (χ0) is 22.3. The third-order valence-electron chi connectivity index (χ3n) is 4.73. The Bertz CT molecular complexity index is 1180. The van der Waals surface area contributed by atoms with Gasteiger partial charge in [0.05, 0.1) is 27.1 Å². The van der Waals surface area contributed by atoms with E-state index in [9.17, 15) is 17.9 Å². The fraction of sp³-hybridized carbons (Fsp3) is 0.429. The number of fused-ring (bicyclic) bond motifs is 1. The van der Waals surface area contributed by atoms with Gasteiger partial charge in [-0.25, -0.2) is 18.4 Å². The van der Waals surface area contributed by atoms with Crippen molar-refractivity contribution < 1.29 is 17.9 Å². The van der Waals surface area contributed by atoms with Crippen LogP contribution in [-0.2, 0) is 9.84 Å². The molecule has 0 bridgehead atoms. The molecule has 0 aliphatic carbocycles. The number of sulfone groups is 1. The van der Waals surface area contributed by atoms with Gasteiger partial charge in [0.15, 0.2) is 9.84 Å². The van der Waals surface area contributed by atoms with Crippen LogP contribution in [0.3, 0.4) is 0 Å². The highest BCUT2D eigenvalue weighted by atomic mass is 32.2. The van der Waals surface area contributed by atoms with Gasteiger partial charge in [0.2, 0.25) is 5.95 Å². The van der Waals surface area contributed by atoms with Crippen LogP contribution in [0.2, 0.25) is 0 Å². The van der Waals surface area contributed by atoms with Crippen LogP contribution in [0.4, 0.5) is 10.2 Å². The number of nitrogens with one attached hydrogen (secondary N) is 1. The van der Waals surface area contributed by atoms with Gasteiger partial charge in [-0.1, -0.05) is 0 Å². The molecule has 0 saturated heterocycles. The molecular weight excluding hydrogens is 407 g/mol. The van der Waals surface area contributed by atoms with Gasteiger partial charge in [-0.3, -0.25) is 4.40 Å². The number of hydrogen-bond donors (Lipinski definition) is 2. The van der Waals surface area contributed by atoms with Crippen molar-refractivity contribution in [3.05, 3.63) is 42.6 Å². The maximum absolute atomic E-state index is 14.2. The van der Waals surface area contributed by atoms with Crippen LogP contribution in [0.1, 0.15) is 41.0 Å². The van der Waals surface area contributed by atoms with Crippen molar-refractivity contribution in [3.8, 4) is 11.3 Å². The van der Waals surface area contributed by atoms with Crippen molar-refractivity contribution in [2.75, 3.05) is 11.9 Å². The minimum atomic E-state index is -3.56. The fourth-order valence-corrected chi connectivity index (χ4v) is 4.12. The molecular formula is C21H27FN4O3S. The van der Waals surface area contributed by atoms with Gasteiger partial charge in [-0.2, -0.15) is 4.39 Å². The third-order valence-corrected chi connectivity index (χ3v) is 7.20. The SMILES string of the molecule is CC(C)(O)CCNc1cc(-c2cnc3ccc(S(=O)(=O)C(C)(C)C)cn23)cc(F)n1. The molecule has 0 atom stereocenters. The van der Waals surface area contributed by atoms with E-state index in [1.54, 1.807) is 57.3 Å². The van der Waals surface area contributed by atoms with Crippen LogP contribution >= 0.6 is 0 Å². The molecule has 3 heterocycles. The molecule has 0 amide bonds. The largest absolute Gasteiger partial charge is 0.390 e. The average molecular weight is 435 g/mol. The molecule has 0 aliphatic heterocycles. The summed E-state index contributed by atoms with van der Waals surface area (Å²) < 4.78 is 40.5. The van der Waals surface area contributed by atoms with Crippen molar-refractivity contribution >= 4 is 21.3 Å². The maximum Gasteiger partial charge on any atom is 0.215 e. The van der Waals surface area contributed by atoms with E-state index in [0.717, 1.165) is 0 Å². The summed E-state index contributed by atoms with van der Waals surface area (Å²) >= 11 is 0. The van der Waals surface area contributed by atoms with Crippen LogP contribution in [0.15, 0.2) is 41.6 Å². The van der Waals surface area contributed by atoms with Gasteiger partial charge in [0, 0.05) is 24.4 Å². The minimum Gasteiger partial charge on any atom is -0.390 e. The topological polar surface area (TPSA) is 96.6 Å². The van der Waals surface area contributed by atoms with Gasteiger partial charge >= 0.3 is 0 Å². The molecule has 0 saturated carbocycles. The Morgan fingerprint density at radius 3 is 2.50 bits per heavy atom. The minimum absolute atomic E-state index is 0.166. The van der Waals surface area contributed by atoms with Gasteiger partial charge in [-0.15, -0.1) is 0 Å². The number of aliphatic hydroxyl groups is 1. The first-order valence-electron chi connectivity index (χ1n) is 9.64. The molecule has 0 aliphatic rings. The summed E-state index contributed by atoms with van der Waals surface area (Å²) in [6, 6.07) is 6.10. The molecule has 3 aromatic heterocycles. The van der Waals surface area contributed by atoms with Crippen molar-refractivity contribution in [2.45, 2.75) is 56.3 Å². The number of hydrogen-bond acceptors (Lipinski definition) is 6. The molecule has 30 heavy (non-hydrogen) atoms. The van der Waals surface area contributed by atoms with Crippen LogP contribution in [0.25, 0.3) is 16.9 Å². The first kappa shape index (κ1) is 22.2. The second-order valence-corrected chi connectivity index (χ2v) is 11.6. The number of imidazole rings is 1. The molecule has 7 nitrogen and oxygen atoms in total. The van der Waals surface area contributed by atoms with Gasteiger partial charge < -0.3 is 10.4 Å². The highest BCUT2D eigenvalue weighted by Gasteiger charge is 2.31. The Kier molecular flexibility index (Phi) is 5.64. The molecule has 9 heteroatoms. The quantitative estimate of drug-likeness (QED) is 0.575. The first-order chi connectivity index (χ1) is 13.8. The Labute approximate surface area is 175 Å². The van der Waals surface area contributed by atoms with E-state index in [2.05, 4.69) is 15.3 Å². The fourth-order valence-electron chi connectivity index (χ4n) is 2.92. The lowest BCUT2D eigenvalue weighted by atomic mass is 10.1. The molecule has 3 aromatic rings. The van der Waals surface area contributed by atoms with E-state index in [1.807, 2.05) is 0 Å². The zero-order valence-corrected chi connectivity index (χ0v) is 18.6. The summed E-state index contributed by atoms with van der Waals surface area (Å²) in [6.07, 6.45) is 3.54. The molecule has 162 valence electrons. The van der Waals surface area contributed by atoms with E-state index in [1.165, 1.54) is 18.3 Å². The number of nitrogens with zero attached hydrogens (tertiary/aromatic N) is 3. The molecule has 0 unspecified atom stereocenters. The summed E-state index contributed by atoms with van der Waals surface area (Å²) in [6.45, 7) is 8.74. The average Bonchev–Trinajstić information content (AvgIpc) is 3.02. The van der Waals surface area contributed by atoms with E-state index in [4.69, 9.17) is 0 Å². The Hall–Kier alpha value is -2.52. The number of pyridine rings is 2. The van der Waals surface area contributed by atoms with E-state index in [-0.39, 0.29) is 4.90 Å². The second-order valence-electron chi connectivity index (χ2n) is 8.91. The summed E-state index contributed by atoms with van der Waals surface area (Å²) in [5, 5.41) is 12.8. The molecule has 3 rings (SSSR count). The standard InChI is InChI=1S/C21H27FN4O3S/c1-20(2,3)30(28,29)15-6-7-19-24-12-16(26(19)13-15)14-10-17(22)25-18(11-14)23-9-8-21(4,5)27/h6-7,10-13,27H,8-9H2,1-5H3,(H,23,25). The number of aromatic nitrogens is 3. The summed E-state index contributed by atoms with van der Waals surface area (Å²) in [4.78, 5) is 8.32. The molecule has 0 spiro atoms. The van der Waals surface area contributed by atoms with Crippen LogP contribution in [0, 0.1) is 5.95 Å². The molecule has 0 aromatic carbocycles. The molecule has 0 fully saturated rings. The maximum atomic E-state index is 14.2. The van der Waals surface area contributed by atoms with Crippen LogP contribution in [0.5, 0.6) is 0 Å². The summed E-state index contributed by atoms with van der Waals surface area (Å²) in [5.74, 6) is -0.352. The predicted octanol–water partition coefficient (Wildman–Crippen LogP) is 3.68. The zero-order valence-electron chi connectivity index (χ0n) is 17.8. The normalized spacial score (nSPS) is 13.0. The first-order valence-corrected chi connectivity index (χ1v) is 11.1. The third kappa shape index (κ3) is 4.62. The van der Waals surface area contributed by atoms with Gasteiger partial charge in [-0.05, 0) is 59.2 Å². The van der Waals surface area contributed by atoms with Crippen molar-refractivity contribution in [1.29, 1.82) is 0 Å². The predicted molar refractivity (Wildman–Crippen MR) is 115 cm³/mol. The summed E-state index contributed by atoms with van der Waals surface area (Å²) in [7, 11) is -3.56. The van der Waals surface area contributed by atoms with Crippen LogP contribution in [-0.4, -0.2) is 44.8 Å². The number of rotatable bonds is 6. The Morgan fingerprint density at radius 2 is 1.87 bits per heavy atom. The number of halogens is 1. The lowest BCUT2D eigenvalue weighted by Gasteiger charge is -2.19. The number of anilines is 1.